The van der Waals surface area contributed by atoms with Crippen molar-refractivity contribution >= 4 is 34.4 Å². The summed E-state index contributed by atoms with van der Waals surface area (Å²) in [7, 11) is 0. The van der Waals surface area contributed by atoms with Crippen LogP contribution in [0.4, 0.5) is 5.69 Å². The number of imidazole rings is 1. The molecule has 0 aliphatic carbocycles. The summed E-state index contributed by atoms with van der Waals surface area (Å²) < 4.78 is 3.48. The number of thioether (sulfide) groups is 1. The lowest BCUT2D eigenvalue weighted by Crippen LogP contribution is -2.26. The lowest BCUT2D eigenvalue weighted by atomic mass is 10.3. The van der Waals surface area contributed by atoms with Gasteiger partial charge < -0.3 is 5.32 Å². The lowest BCUT2D eigenvalue weighted by molar-refractivity contribution is -0.116. The smallest absolute Gasteiger partial charge is 0.326 e. The molecule has 1 amide bonds. The molecule has 26 heavy (non-hydrogen) atoms. The number of carbonyl (C=O) groups excluding carboxylic acids is 1. The summed E-state index contributed by atoms with van der Waals surface area (Å²) in [5, 5.41) is 2.89. The molecule has 136 valence electrons. The van der Waals surface area contributed by atoms with Gasteiger partial charge in [0.25, 0.3) is 0 Å². The maximum Gasteiger partial charge on any atom is 0.329 e. The Morgan fingerprint density at radius 2 is 1.62 bits per heavy atom. The molecule has 0 radical (unpaired) electrons. The van der Waals surface area contributed by atoms with Crippen LogP contribution in [0.15, 0.2) is 58.2 Å². The Hall–Kier alpha value is -2.47. The van der Waals surface area contributed by atoms with E-state index in [0.29, 0.717) is 13.1 Å². The highest BCUT2D eigenvalue weighted by molar-refractivity contribution is 7.98. The Labute approximate surface area is 157 Å². The van der Waals surface area contributed by atoms with Crippen molar-refractivity contribution in [3.8, 4) is 0 Å². The van der Waals surface area contributed by atoms with Crippen LogP contribution in [0.5, 0.6) is 0 Å². The van der Waals surface area contributed by atoms with Crippen molar-refractivity contribution in [3.05, 3.63) is 59.0 Å². The van der Waals surface area contributed by atoms with Gasteiger partial charge >= 0.3 is 5.69 Å². The molecule has 0 aliphatic rings. The monoisotopic (exact) mass is 369 g/mol. The first-order valence-electron chi connectivity index (χ1n) is 8.76. The molecule has 0 saturated carbocycles. The molecular weight excluding hydrogens is 346 g/mol. The summed E-state index contributed by atoms with van der Waals surface area (Å²) in [5.74, 6) is -0.0962. The SMILES string of the molecule is CCCn1c(=O)n(CCC(=O)Nc2ccc(SC)cc2)c2ccccc21. The van der Waals surface area contributed by atoms with Gasteiger partial charge in [0.05, 0.1) is 11.0 Å². The number of benzene rings is 2. The first kappa shape index (κ1) is 18.3. The molecule has 0 aliphatic heterocycles. The third kappa shape index (κ3) is 3.85. The van der Waals surface area contributed by atoms with Gasteiger partial charge in [0, 0.05) is 30.1 Å². The molecule has 2 aromatic carbocycles. The summed E-state index contributed by atoms with van der Waals surface area (Å²) in [6, 6.07) is 15.5. The Bertz CT molecular complexity index is 957. The molecule has 0 fully saturated rings. The van der Waals surface area contributed by atoms with Gasteiger partial charge in [0.15, 0.2) is 0 Å². The number of para-hydroxylation sites is 2. The largest absolute Gasteiger partial charge is 0.329 e. The van der Waals surface area contributed by atoms with Crippen molar-refractivity contribution in [3.63, 3.8) is 0 Å². The van der Waals surface area contributed by atoms with E-state index in [0.717, 1.165) is 28.0 Å². The average molecular weight is 369 g/mol. The molecule has 1 aromatic heterocycles. The molecule has 1 heterocycles. The first-order chi connectivity index (χ1) is 12.6. The van der Waals surface area contributed by atoms with Crippen LogP contribution >= 0.6 is 11.8 Å². The van der Waals surface area contributed by atoms with E-state index >= 15 is 0 Å². The van der Waals surface area contributed by atoms with Crippen molar-refractivity contribution in [2.24, 2.45) is 0 Å². The lowest BCUT2D eigenvalue weighted by Gasteiger charge is -2.07. The van der Waals surface area contributed by atoms with E-state index in [2.05, 4.69) is 5.32 Å². The van der Waals surface area contributed by atoms with Crippen LogP contribution in [0, 0.1) is 0 Å². The third-order valence-electron chi connectivity index (χ3n) is 4.31. The number of hydrogen-bond donors (Lipinski definition) is 1. The molecule has 1 N–H and O–H groups in total. The number of fused-ring (bicyclic) bond motifs is 1. The third-order valence-corrected chi connectivity index (χ3v) is 5.05. The van der Waals surface area contributed by atoms with Gasteiger partial charge in [-0.3, -0.25) is 13.9 Å². The Kier molecular flexibility index (Phi) is 5.83. The predicted octanol–water partition coefficient (Wildman–Crippen LogP) is 3.96. The van der Waals surface area contributed by atoms with E-state index in [4.69, 9.17) is 0 Å². The fourth-order valence-electron chi connectivity index (χ4n) is 3.04. The number of nitrogens with zero attached hydrogens (tertiary/aromatic N) is 2. The zero-order chi connectivity index (χ0) is 18.5. The van der Waals surface area contributed by atoms with Crippen LogP contribution in [-0.4, -0.2) is 21.3 Å². The van der Waals surface area contributed by atoms with E-state index in [1.165, 1.54) is 0 Å². The van der Waals surface area contributed by atoms with E-state index in [1.807, 2.05) is 61.7 Å². The van der Waals surface area contributed by atoms with Gasteiger partial charge in [0.2, 0.25) is 5.91 Å². The highest BCUT2D eigenvalue weighted by Crippen LogP contribution is 2.18. The minimum absolute atomic E-state index is 0.0508. The Morgan fingerprint density at radius 3 is 2.19 bits per heavy atom. The second-order valence-electron chi connectivity index (χ2n) is 6.10. The van der Waals surface area contributed by atoms with Crippen LogP contribution in [0.25, 0.3) is 11.0 Å². The minimum atomic E-state index is -0.0962. The number of anilines is 1. The molecular formula is C20H23N3O2S. The van der Waals surface area contributed by atoms with Gasteiger partial charge in [-0.1, -0.05) is 19.1 Å². The molecule has 0 unspecified atom stereocenters. The maximum absolute atomic E-state index is 12.7. The van der Waals surface area contributed by atoms with Crippen LogP contribution in [-0.2, 0) is 17.9 Å². The average Bonchev–Trinajstić information content (AvgIpc) is 2.93. The Morgan fingerprint density at radius 1 is 1.00 bits per heavy atom. The van der Waals surface area contributed by atoms with Crippen molar-refractivity contribution in [1.29, 1.82) is 0 Å². The molecule has 0 bridgehead atoms. The van der Waals surface area contributed by atoms with Crippen LogP contribution in [0.3, 0.4) is 0 Å². The number of rotatable bonds is 7. The summed E-state index contributed by atoms with van der Waals surface area (Å²) in [4.78, 5) is 26.1. The van der Waals surface area contributed by atoms with Gasteiger partial charge in [-0.2, -0.15) is 0 Å². The van der Waals surface area contributed by atoms with E-state index in [-0.39, 0.29) is 18.0 Å². The Balaban J connectivity index is 1.73. The highest BCUT2D eigenvalue weighted by atomic mass is 32.2. The number of nitrogens with one attached hydrogen (secondary N) is 1. The van der Waals surface area contributed by atoms with E-state index in [1.54, 1.807) is 20.9 Å². The normalized spacial score (nSPS) is 11.0. The number of carbonyl (C=O) groups is 1. The van der Waals surface area contributed by atoms with Gasteiger partial charge in [-0.05, 0) is 49.1 Å². The van der Waals surface area contributed by atoms with Crippen molar-refractivity contribution < 1.29 is 4.79 Å². The zero-order valence-electron chi connectivity index (χ0n) is 15.1. The molecule has 3 rings (SSSR count). The van der Waals surface area contributed by atoms with Gasteiger partial charge in [0.1, 0.15) is 0 Å². The van der Waals surface area contributed by atoms with Crippen LogP contribution < -0.4 is 11.0 Å². The fraction of sp³-hybridized carbons (Fsp3) is 0.300. The highest BCUT2D eigenvalue weighted by Gasteiger charge is 2.13. The van der Waals surface area contributed by atoms with Crippen molar-refractivity contribution in [2.75, 3.05) is 11.6 Å². The first-order valence-corrected chi connectivity index (χ1v) is 9.98. The summed E-state index contributed by atoms with van der Waals surface area (Å²) >= 11 is 1.66. The van der Waals surface area contributed by atoms with Crippen LogP contribution in [0.1, 0.15) is 19.8 Å². The van der Waals surface area contributed by atoms with Crippen molar-refractivity contribution in [1.82, 2.24) is 9.13 Å². The minimum Gasteiger partial charge on any atom is -0.326 e. The zero-order valence-corrected chi connectivity index (χ0v) is 15.9. The van der Waals surface area contributed by atoms with E-state index in [9.17, 15) is 9.59 Å². The van der Waals surface area contributed by atoms with E-state index < -0.39 is 0 Å². The number of aryl methyl sites for hydroxylation is 2. The second kappa shape index (κ2) is 8.27. The molecule has 3 aromatic rings. The standard InChI is InChI=1S/C20H23N3O2S/c1-3-13-22-17-6-4-5-7-18(17)23(20(22)25)14-12-19(24)21-15-8-10-16(26-2)11-9-15/h4-11H,3,12-14H2,1-2H3,(H,21,24). The predicted molar refractivity (Wildman–Crippen MR) is 108 cm³/mol. The molecule has 0 spiro atoms. The molecule has 5 nitrogen and oxygen atoms in total. The fourth-order valence-corrected chi connectivity index (χ4v) is 3.45. The summed E-state index contributed by atoms with van der Waals surface area (Å²) in [6.45, 7) is 3.10. The van der Waals surface area contributed by atoms with Gasteiger partial charge in [-0.15, -0.1) is 11.8 Å². The number of amides is 1. The molecule has 0 saturated heterocycles. The second-order valence-corrected chi connectivity index (χ2v) is 6.98. The van der Waals surface area contributed by atoms with Crippen LogP contribution in [0.2, 0.25) is 0 Å². The summed E-state index contributed by atoms with van der Waals surface area (Å²) in [6.07, 6.45) is 3.16. The summed E-state index contributed by atoms with van der Waals surface area (Å²) in [5.41, 5.74) is 2.52. The topological polar surface area (TPSA) is 56.0 Å². The molecule has 6 heteroatoms. The number of hydrogen-bond acceptors (Lipinski definition) is 3. The number of aromatic nitrogens is 2. The van der Waals surface area contributed by atoms with Crippen molar-refractivity contribution in [2.45, 2.75) is 37.8 Å². The maximum atomic E-state index is 12.7. The quantitative estimate of drug-likeness (QED) is 0.641. The van der Waals surface area contributed by atoms with Gasteiger partial charge in [-0.25, -0.2) is 4.79 Å². The molecule has 0 atom stereocenters.